The number of allylic oxidation sites excluding steroid dienone is 2. The number of carbonyl (C=O) groups is 2. The van der Waals surface area contributed by atoms with E-state index in [0.717, 1.165) is 0 Å². The summed E-state index contributed by atoms with van der Waals surface area (Å²) in [5, 5.41) is 2.35. The van der Waals surface area contributed by atoms with E-state index in [-0.39, 0.29) is 17.7 Å². The van der Waals surface area contributed by atoms with Crippen molar-refractivity contribution in [3.05, 3.63) is 24.3 Å². The van der Waals surface area contributed by atoms with Crippen LogP contribution in [0.15, 0.2) is 24.3 Å². The second-order valence-electron chi connectivity index (χ2n) is 3.52. The van der Waals surface area contributed by atoms with Crippen LogP contribution in [0.4, 0.5) is 0 Å². The average molecular weight is 212 g/mol. The number of alkyl halides is 1. The Hall–Kier alpha value is -1.09. The highest BCUT2D eigenvalue weighted by Gasteiger charge is 2.52. The highest BCUT2D eigenvalue weighted by Crippen LogP contribution is 2.41. The third-order valence-electron chi connectivity index (χ3n) is 2.81. The van der Waals surface area contributed by atoms with Crippen molar-refractivity contribution in [1.82, 2.24) is 5.32 Å². The summed E-state index contributed by atoms with van der Waals surface area (Å²) in [4.78, 5) is 23.1. The van der Waals surface area contributed by atoms with E-state index in [9.17, 15) is 9.59 Å². The number of hydrogen-bond donors (Lipinski definition) is 1. The molecule has 14 heavy (non-hydrogen) atoms. The van der Waals surface area contributed by atoms with E-state index in [2.05, 4.69) is 5.32 Å². The quantitative estimate of drug-likeness (QED) is 0.547. The molecule has 1 aliphatic carbocycles. The zero-order valence-corrected chi connectivity index (χ0v) is 8.25. The van der Waals surface area contributed by atoms with Gasteiger partial charge in [-0.25, -0.2) is 0 Å². The van der Waals surface area contributed by atoms with Gasteiger partial charge in [-0.2, -0.15) is 0 Å². The summed E-state index contributed by atoms with van der Waals surface area (Å²) in [6, 6.07) is 0. The van der Waals surface area contributed by atoms with Gasteiger partial charge in [0.05, 0.1) is 11.3 Å². The predicted octanol–water partition coefficient (Wildman–Crippen LogP) is 1.00. The van der Waals surface area contributed by atoms with E-state index in [1.54, 1.807) is 24.3 Å². The molecule has 2 aliphatic rings. The molecule has 2 atom stereocenters. The van der Waals surface area contributed by atoms with E-state index in [1.807, 2.05) is 0 Å². The summed E-state index contributed by atoms with van der Waals surface area (Å²) in [5.41, 5.74) is -0.729. The van der Waals surface area contributed by atoms with Crippen LogP contribution >= 0.6 is 11.6 Å². The minimum absolute atomic E-state index is 0.222. The lowest BCUT2D eigenvalue weighted by Gasteiger charge is -2.27. The molecule has 74 valence electrons. The molecule has 1 heterocycles. The lowest BCUT2D eigenvalue weighted by molar-refractivity contribution is -0.127. The Balaban J connectivity index is 2.42. The third kappa shape index (κ3) is 1.12. The highest BCUT2D eigenvalue weighted by atomic mass is 35.5. The average Bonchev–Trinajstić information content (AvgIpc) is 2.41. The molecule has 0 saturated carbocycles. The van der Waals surface area contributed by atoms with Gasteiger partial charge in [0.2, 0.25) is 11.8 Å². The van der Waals surface area contributed by atoms with Crippen LogP contribution < -0.4 is 5.32 Å². The fourth-order valence-corrected chi connectivity index (χ4v) is 2.34. The highest BCUT2D eigenvalue weighted by molar-refractivity contribution is 6.18. The van der Waals surface area contributed by atoms with Gasteiger partial charge in [0.15, 0.2) is 0 Å². The predicted molar refractivity (Wildman–Crippen MR) is 52.7 cm³/mol. The largest absolute Gasteiger partial charge is 0.295 e. The van der Waals surface area contributed by atoms with Gasteiger partial charge in [-0.15, -0.1) is 11.6 Å². The van der Waals surface area contributed by atoms with Crippen LogP contribution in [0, 0.1) is 11.3 Å². The summed E-state index contributed by atoms with van der Waals surface area (Å²) in [6.45, 7) is 0. The Morgan fingerprint density at radius 3 is 2.93 bits per heavy atom. The van der Waals surface area contributed by atoms with Crippen LogP contribution in [0.5, 0.6) is 0 Å². The van der Waals surface area contributed by atoms with Crippen LogP contribution in [0.25, 0.3) is 0 Å². The molecule has 1 N–H and O–H groups in total. The number of nitrogens with one attached hydrogen (secondary N) is 1. The molecule has 4 heteroatoms. The lowest BCUT2D eigenvalue weighted by atomic mass is 9.72. The smallest absolute Gasteiger partial charge is 0.237 e. The first-order chi connectivity index (χ1) is 6.70. The molecular weight excluding hydrogens is 202 g/mol. The number of rotatable bonds is 2. The molecule has 0 aromatic heterocycles. The van der Waals surface area contributed by atoms with Gasteiger partial charge in [0.1, 0.15) is 0 Å². The number of halogens is 1. The zero-order chi connectivity index (χ0) is 10.2. The maximum absolute atomic E-state index is 11.7. The van der Waals surface area contributed by atoms with Gasteiger partial charge in [0.25, 0.3) is 0 Å². The lowest BCUT2D eigenvalue weighted by Crippen LogP contribution is -2.34. The van der Waals surface area contributed by atoms with Crippen LogP contribution in [-0.4, -0.2) is 17.7 Å². The molecule has 0 spiro atoms. The Kier molecular flexibility index (Phi) is 2.19. The SMILES string of the molecule is O=C1NC(=O)C2(CCCl)C=CC=CC12. The Morgan fingerprint density at radius 2 is 2.21 bits per heavy atom. The number of imide groups is 1. The minimum Gasteiger partial charge on any atom is -0.295 e. The summed E-state index contributed by atoms with van der Waals surface area (Å²) in [7, 11) is 0. The Labute approximate surface area is 86.8 Å². The van der Waals surface area contributed by atoms with Gasteiger partial charge >= 0.3 is 0 Å². The topological polar surface area (TPSA) is 46.2 Å². The number of carbonyl (C=O) groups excluding carboxylic acids is 2. The van der Waals surface area contributed by atoms with Crippen molar-refractivity contribution >= 4 is 23.4 Å². The molecule has 0 aromatic carbocycles. The van der Waals surface area contributed by atoms with Gasteiger partial charge in [-0.1, -0.05) is 24.3 Å². The Morgan fingerprint density at radius 1 is 1.43 bits per heavy atom. The molecule has 3 nitrogen and oxygen atoms in total. The van der Waals surface area contributed by atoms with Crippen molar-refractivity contribution in [2.45, 2.75) is 6.42 Å². The normalized spacial score (nSPS) is 34.5. The second-order valence-corrected chi connectivity index (χ2v) is 3.90. The van der Waals surface area contributed by atoms with Crippen molar-refractivity contribution < 1.29 is 9.59 Å². The molecule has 2 amide bonds. The third-order valence-corrected chi connectivity index (χ3v) is 3.00. The maximum atomic E-state index is 11.7. The first-order valence-corrected chi connectivity index (χ1v) is 5.01. The fraction of sp³-hybridized carbons (Fsp3) is 0.400. The van der Waals surface area contributed by atoms with Gasteiger partial charge in [-0.3, -0.25) is 14.9 Å². The number of fused-ring (bicyclic) bond motifs is 1. The summed E-state index contributed by atoms with van der Waals surface area (Å²) >= 11 is 5.66. The van der Waals surface area contributed by atoms with Gasteiger partial charge in [-0.05, 0) is 6.42 Å². The summed E-state index contributed by atoms with van der Waals surface area (Å²) < 4.78 is 0. The van der Waals surface area contributed by atoms with Crippen molar-refractivity contribution in [2.75, 3.05) is 5.88 Å². The van der Waals surface area contributed by atoms with Crippen molar-refractivity contribution in [3.63, 3.8) is 0 Å². The first kappa shape index (κ1) is 9.46. The van der Waals surface area contributed by atoms with E-state index in [0.29, 0.717) is 12.3 Å². The van der Waals surface area contributed by atoms with Crippen LogP contribution in [-0.2, 0) is 9.59 Å². The molecule has 1 saturated heterocycles. The molecular formula is C10H10ClNO2. The first-order valence-electron chi connectivity index (χ1n) is 4.48. The zero-order valence-electron chi connectivity index (χ0n) is 7.50. The number of amides is 2. The van der Waals surface area contributed by atoms with E-state index in [4.69, 9.17) is 11.6 Å². The van der Waals surface area contributed by atoms with E-state index < -0.39 is 5.41 Å². The maximum Gasteiger partial charge on any atom is 0.237 e. The molecule has 2 rings (SSSR count). The standard InChI is InChI=1S/C10H10ClNO2/c11-6-5-10-4-2-1-3-7(10)8(13)12-9(10)14/h1-4,7H,5-6H2,(H,12,13,14). The van der Waals surface area contributed by atoms with E-state index in [1.165, 1.54) is 0 Å². The molecule has 2 unspecified atom stereocenters. The minimum atomic E-state index is -0.729. The van der Waals surface area contributed by atoms with Crippen molar-refractivity contribution in [3.8, 4) is 0 Å². The van der Waals surface area contributed by atoms with Crippen LogP contribution in [0.1, 0.15) is 6.42 Å². The summed E-state index contributed by atoms with van der Waals surface area (Å²) in [5.74, 6) is -0.455. The number of hydrogen-bond acceptors (Lipinski definition) is 2. The Bertz CT molecular complexity index is 348. The van der Waals surface area contributed by atoms with E-state index >= 15 is 0 Å². The molecule has 1 fully saturated rings. The van der Waals surface area contributed by atoms with Crippen LogP contribution in [0.3, 0.4) is 0 Å². The summed E-state index contributed by atoms with van der Waals surface area (Å²) in [6.07, 6.45) is 7.61. The molecule has 0 bridgehead atoms. The van der Waals surface area contributed by atoms with Crippen LogP contribution in [0.2, 0.25) is 0 Å². The van der Waals surface area contributed by atoms with Crippen molar-refractivity contribution in [1.29, 1.82) is 0 Å². The van der Waals surface area contributed by atoms with Gasteiger partial charge < -0.3 is 0 Å². The molecule has 0 radical (unpaired) electrons. The molecule has 0 aromatic rings. The van der Waals surface area contributed by atoms with Crippen molar-refractivity contribution in [2.24, 2.45) is 11.3 Å². The monoisotopic (exact) mass is 211 g/mol. The fourth-order valence-electron chi connectivity index (χ4n) is 2.03. The second kappa shape index (κ2) is 3.24. The van der Waals surface area contributed by atoms with Gasteiger partial charge in [0, 0.05) is 5.88 Å². The molecule has 1 aliphatic heterocycles.